The molecule has 3 amide bonds. The number of hydrogen-bond donors (Lipinski definition) is 3. The summed E-state index contributed by atoms with van der Waals surface area (Å²) in [6.45, 7) is 3.29. The summed E-state index contributed by atoms with van der Waals surface area (Å²) in [7, 11) is 0. The Morgan fingerprint density at radius 2 is 1.88 bits per heavy atom. The molecular formula is C17H27ClN4O2. The summed E-state index contributed by atoms with van der Waals surface area (Å²) >= 11 is 0. The van der Waals surface area contributed by atoms with E-state index in [0.29, 0.717) is 19.5 Å². The fourth-order valence-electron chi connectivity index (χ4n) is 2.66. The van der Waals surface area contributed by atoms with E-state index in [1.165, 1.54) is 0 Å². The van der Waals surface area contributed by atoms with Gasteiger partial charge in [-0.2, -0.15) is 0 Å². The second-order valence-corrected chi connectivity index (χ2v) is 6.14. The standard InChI is InChI=1S/C17H26N4O2.ClH/c1-13(18)7-8-16(22)21-11-9-15(10-12-21)20-17(23)19-14-5-3-2-4-6-14;/h2-6,13,15H,7-12,18H2,1H3,(H2,19,20,23);1H. The lowest BCUT2D eigenvalue weighted by molar-refractivity contribution is -0.132. The Balaban J connectivity index is 0.00000288. The zero-order valence-corrected chi connectivity index (χ0v) is 14.8. The molecule has 1 aromatic carbocycles. The van der Waals surface area contributed by atoms with Crippen molar-refractivity contribution in [2.75, 3.05) is 18.4 Å². The van der Waals surface area contributed by atoms with Gasteiger partial charge in [-0.3, -0.25) is 4.79 Å². The molecule has 1 fully saturated rings. The van der Waals surface area contributed by atoms with E-state index in [1.807, 2.05) is 42.2 Å². The van der Waals surface area contributed by atoms with E-state index < -0.39 is 0 Å². The number of hydrogen-bond acceptors (Lipinski definition) is 3. The van der Waals surface area contributed by atoms with Gasteiger partial charge in [0.15, 0.2) is 0 Å². The minimum absolute atomic E-state index is 0. The molecule has 1 heterocycles. The van der Waals surface area contributed by atoms with Gasteiger partial charge in [0.2, 0.25) is 5.91 Å². The lowest BCUT2D eigenvalue weighted by Gasteiger charge is -2.32. The van der Waals surface area contributed by atoms with E-state index in [1.54, 1.807) is 0 Å². The topological polar surface area (TPSA) is 87.5 Å². The zero-order valence-electron chi connectivity index (χ0n) is 14.0. The summed E-state index contributed by atoms with van der Waals surface area (Å²) in [4.78, 5) is 25.9. The second kappa shape index (κ2) is 10.2. The summed E-state index contributed by atoms with van der Waals surface area (Å²) in [6, 6.07) is 9.32. The number of carbonyl (C=O) groups is 2. The molecule has 1 unspecified atom stereocenters. The maximum Gasteiger partial charge on any atom is 0.319 e. The number of carbonyl (C=O) groups excluding carboxylic acids is 2. The van der Waals surface area contributed by atoms with Crippen LogP contribution in [-0.2, 0) is 4.79 Å². The highest BCUT2D eigenvalue weighted by molar-refractivity contribution is 5.89. The Morgan fingerprint density at radius 3 is 2.46 bits per heavy atom. The van der Waals surface area contributed by atoms with E-state index in [4.69, 9.17) is 5.73 Å². The van der Waals surface area contributed by atoms with Crippen LogP contribution in [0, 0.1) is 0 Å². The molecule has 1 atom stereocenters. The van der Waals surface area contributed by atoms with Crippen molar-refractivity contribution in [3.05, 3.63) is 30.3 Å². The number of nitrogens with one attached hydrogen (secondary N) is 2. The molecule has 0 bridgehead atoms. The number of para-hydroxylation sites is 1. The van der Waals surface area contributed by atoms with Crippen LogP contribution in [0.3, 0.4) is 0 Å². The number of rotatable bonds is 5. The molecule has 0 aromatic heterocycles. The Kier molecular flexibility index (Phi) is 8.57. The number of urea groups is 1. The largest absolute Gasteiger partial charge is 0.343 e. The summed E-state index contributed by atoms with van der Waals surface area (Å²) in [5, 5.41) is 5.78. The molecule has 1 aromatic rings. The van der Waals surface area contributed by atoms with Gasteiger partial charge < -0.3 is 21.3 Å². The van der Waals surface area contributed by atoms with Crippen LogP contribution in [0.15, 0.2) is 30.3 Å². The van der Waals surface area contributed by atoms with Gasteiger partial charge in [0.1, 0.15) is 0 Å². The van der Waals surface area contributed by atoms with Gasteiger partial charge in [0, 0.05) is 37.3 Å². The first-order valence-electron chi connectivity index (χ1n) is 8.20. The van der Waals surface area contributed by atoms with Gasteiger partial charge in [-0.05, 0) is 38.3 Å². The van der Waals surface area contributed by atoms with Gasteiger partial charge in [-0.1, -0.05) is 18.2 Å². The minimum Gasteiger partial charge on any atom is -0.343 e. The van der Waals surface area contributed by atoms with Crippen LogP contribution in [0.25, 0.3) is 0 Å². The predicted molar refractivity (Wildman–Crippen MR) is 98.3 cm³/mol. The third-order valence-corrected chi connectivity index (χ3v) is 4.03. The number of amides is 3. The molecule has 6 nitrogen and oxygen atoms in total. The van der Waals surface area contributed by atoms with E-state index in [2.05, 4.69) is 10.6 Å². The molecule has 4 N–H and O–H groups in total. The van der Waals surface area contributed by atoms with Crippen LogP contribution in [0.1, 0.15) is 32.6 Å². The summed E-state index contributed by atoms with van der Waals surface area (Å²) in [5.74, 6) is 0.162. The van der Waals surface area contributed by atoms with Crippen LogP contribution in [0.5, 0.6) is 0 Å². The van der Waals surface area contributed by atoms with Gasteiger partial charge in [0.05, 0.1) is 0 Å². The maximum absolute atomic E-state index is 12.0. The molecule has 1 saturated heterocycles. The number of halogens is 1. The molecular weight excluding hydrogens is 328 g/mol. The first-order chi connectivity index (χ1) is 11.0. The average molecular weight is 355 g/mol. The number of benzene rings is 1. The van der Waals surface area contributed by atoms with Crippen molar-refractivity contribution in [1.82, 2.24) is 10.2 Å². The molecule has 7 heteroatoms. The second-order valence-electron chi connectivity index (χ2n) is 6.14. The summed E-state index contributed by atoms with van der Waals surface area (Å²) in [6.07, 6.45) is 2.79. The third kappa shape index (κ3) is 6.76. The zero-order chi connectivity index (χ0) is 16.7. The average Bonchev–Trinajstić information content (AvgIpc) is 2.54. The number of nitrogens with two attached hydrogens (primary N) is 1. The van der Waals surface area contributed by atoms with Crippen LogP contribution in [-0.4, -0.2) is 42.0 Å². The van der Waals surface area contributed by atoms with Crippen molar-refractivity contribution < 1.29 is 9.59 Å². The van der Waals surface area contributed by atoms with Gasteiger partial charge in [-0.15, -0.1) is 12.4 Å². The highest BCUT2D eigenvalue weighted by atomic mass is 35.5. The van der Waals surface area contributed by atoms with Gasteiger partial charge >= 0.3 is 6.03 Å². The van der Waals surface area contributed by atoms with E-state index >= 15 is 0 Å². The van der Waals surface area contributed by atoms with E-state index in [-0.39, 0.29) is 36.4 Å². The monoisotopic (exact) mass is 354 g/mol. The summed E-state index contributed by atoms with van der Waals surface area (Å²) in [5.41, 5.74) is 6.46. The first kappa shape index (κ1) is 20.3. The molecule has 24 heavy (non-hydrogen) atoms. The molecule has 0 radical (unpaired) electrons. The Hall–Kier alpha value is -1.79. The number of anilines is 1. The molecule has 134 valence electrons. The number of nitrogens with zero attached hydrogens (tertiary/aromatic N) is 1. The molecule has 1 aliphatic heterocycles. The molecule has 0 saturated carbocycles. The highest BCUT2D eigenvalue weighted by Gasteiger charge is 2.23. The third-order valence-electron chi connectivity index (χ3n) is 4.03. The normalized spacial score (nSPS) is 16.0. The van der Waals surface area contributed by atoms with Gasteiger partial charge in [0.25, 0.3) is 0 Å². The Labute approximate surface area is 149 Å². The predicted octanol–water partition coefficient (Wildman–Crippen LogP) is 2.35. The smallest absolute Gasteiger partial charge is 0.319 e. The van der Waals surface area contributed by atoms with Gasteiger partial charge in [-0.25, -0.2) is 4.79 Å². The fraction of sp³-hybridized carbons (Fsp3) is 0.529. The van der Waals surface area contributed by atoms with Crippen molar-refractivity contribution >= 4 is 30.0 Å². The Bertz CT molecular complexity index is 517. The van der Waals surface area contributed by atoms with Crippen molar-refractivity contribution in [2.45, 2.75) is 44.7 Å². The van der Waals surface area contributed by atoms with Crippen LogP contribution in [0.4, 0.5) is 10.5 Å². The quantitative estimate of drug-likeness (QED) is 0.758. The molecule has 0 spiro atoms. The minimum atomic E-state index is -0.196. The van der Waals surface area contributed by atoms with Crippen molar-refractivity contribution in [2.24, 2.45) is 5.73 Å². The molecule has 1 aliphatic rings. The highest BCUT2D eigenvalue weighted by Crippen LogP contribution is 2.13. The van der Waals surface area contributed by atoms with Crippen LogP contribution >= 0.6 is 12.4 Å². The first-order valence-corrected chi connectivity index (χ1v) is 8.20. The maximum atomic E-state index is 12.0. The lowest BCUT2D eigenvalue weighted by Crippen LogP contribution is -2.47. The SMILES string of the molecule is CC(N)CCC(=O)N1CCC(NC(=O)Nc2ccccc2)CC1.Cl. The number of piperidine rings is 1. The molecule has 2 rings (SSSR count). The van der Waals surface area contributed by atoms with Crippen molar-refractivity contribution in [1.29, 1.82) is 0 Å². The van der Waals surface area contributed by atoms with Crippen molar-refractivity contribution in [3.63, 3.8) is 0 Å². The molecule has 0 aliphatic carbocycles. The van der Waals surface area contributed by atoms with Crippen LogP contribution in [0.2, 0.25) is 0 Å². The Morgan fingerprint density at radius 1 is 1.25 bits per heavy atom. The number of likely N-dealkylation sites (tertiary alicyclic amines) is 1. The fourth-order valence-corrected chi connectivity index (χ4v) is 2.66. The van der Waals surface area contributed by atoms with Crippen LogP contribution < -0.4 is 16.4 Å². The lowest BCUT2D eigenvalue weighted by atomic mass is 10.0. The van der Waals surface area contributed by atoms with E-state index in [9.17, 15) is 9.59 Å². The van der Waals surface area contributed by atoms with E-state index in [0.717, 1.165) is 24.9 Å². The van der Waals surface area contributed by atoms with Crippen molar-refractivity contribution in [3.8, 4) is 0 Å². The summed E-state index contributed by atoms with van der Waals surface area (Å²) < 4.78 is 0.